The van der Waals surface area contributed by atoms with E-state index in [4.69, 9.17) is 4.74 Å². The second kappa shape index (κ2) is 10.2. The first-order valence-electron chi connectivity index (χ1n) is 10.7. The molecule has 12 heteroatoms. The quantitative estimate of drug-likeness (QED) is 0.184. The Kier molecular flexibility index (Phi) is 7.88. The van der Waals surface area contributed by atoms with Gasteiger partial charge in [0.2, 0.25) is 0 Å². The van der Waals surface area contributed by atoms with Crippen LogP contribution in [0, 0.1) is 5.21 Å². The molecule has 0 aliphatic heterocycles. The third kappa shape index (κ3) is 5.69. The third-order valence-electron chi connectivity index (χ3n) is 5.24. The van der Waals surface area contributed by atoms with Gasteiger partial charge in [-0.05, 0) is 39.7 Å². The van der Waals surface area contributed by atoms with E-state index in [1.165, 1.54) is 20.2 Å². The van der Waals surface area contributed by atoms with Crippen LogP contribution in [0.15, 0.2) is 47.1 Å². The summed E-state index contributed by atoms with van der Waals surface area (Å²) in [5.74, 6) is -1.02. The van der Waals surface area contributed by atoms with Crippen LogP contribution in [-0.4, -0.2) is 52.0 Å². The molecule has 0 unspecified atom stereocenters. The maximum atomic E-state index is 13.4. The molecule has 2 heterocycles. The molecule has 0 radical (unpaired) electrons. The predicted octanol–water partition coefficient (Wildman–Crippen LogP) is 3.55. The maximum absolute atomic E-state index is 13.4. The molecule has 34 heavy (non-hydrogen) atoms. The summed E-state index contributed by atoms with van der Waals surface area (Å²) in [6, 6.07) is 13.5. The van der Waals surface area contributed by atoms with Crippen LogP contribution < -0.4 is 9.45 Å². The van der Waals surface area contributed by atoms with E-state index in [-0.39, 0.29) is 18.1 Å². The number of carbonyl (C=O) groups excluding carboxylic acids is 1. The van der Waals surface area contributed by atoms with Crippen molar-refractivity contribution in [3.63, 3.8) is 0 Å². The highest BCUT2D eigenvalue weighted by Crippen LogP contribution is 2.37. The fourth-order valence-electron chi connectivity index (χ4n) is 3.28. The van der Waals surface area contributed by atoms with E-state index in [2.05, 4.69) is 35.6 Å². The number of benzene rings is 1. The molecular formula is C22H29BrN4O5SSi. The van der Waals surface area contributed by atoms with Gasteiger partial charge in [-0.2, -0.15) is 17.3 Å². The van der Waals surface area contributed by atoms with Crippen LogP contribution in [0.25, 0.3) is 22.2 Å². The first-order chi connectivity index (χ1) is 15.8. The maximum Gasteiger partial charge on any atom is 0.306 e. The number of amides is 1. The standard InChI is InChI=1S/C22H29BrN4O5SSi/c1-25(2)33(30,31)24-21(28)18-12-11-17-19(16-9-7-6-8-10-16)20(23)26(22(17)27(18)29)15-32-13-14-34(3,4)5/h6-12H,13-15H2,1-5H3,(H,24,28). The highest BCUT2D eigenvalue weighted by molar-refractivity contribution is 9.10. The Morgan fingerprint density at radius 2 is 1.82 bits per heavy atom. The molecule has 0 saturated heterocycles. The fraction of sp³-hybridized carbons (Fsp3) is 0.364. The first kappa shape index (κ1) is 26.4. The third-order valence-corrected chi connectivity index (χ3v) is 9.18. The summed E-state index contributed by atoms with van der Waals surface area (Å²) in [4.78, 5) is 12.7. The van der Waals surface area contributed by atoms with Crippen LogP contribution in [0.4, 0.5) is 0 Å². The number of hydrogen-bond acceptors (Lipinski definition) is 5. The number of rotatable bonds is 9. The molecule has 184 valence electrons. The van der Waals surface area contributed by atoms with Crippen molar-refractivity contribution in [2.45, 2.75) is 32.4 Å². The molecule has 3 rings (SSSR count). The zero-order valence-electron chi connectivity index (χ0n) is 19.8. The summed E-state index contributed by atoms with van der Waals surface area (Å²) in [5.41, 5.74) is 1.51. The van der Waals surface area contributed by atoms with Gasteiger partial charge in [0.1, 0.15) is 0 Å². The lowest BCUT2D eigenvalue weighted by Crippen LogP contribution is -2.45. The lowest BCUT2D eigenvalue weighted by atomic mass is 10.1. The van der Waals surface area contributed by atoms with Crippen LogP contribution >= 0.6 is 15.9 Å². The van der Waals surface area contributed by atoms with Crippen molar-refractivity contribution >= 4 is 51.2 Å². The van der Waals surface area contributed by atoms with Crippen LogP contribution in [-0.2, 0) is 21.7 Å². The number of fused-ring (bicyclic) bond motifs is 1. The van der Waals surface area contributed by atoms with E-state index < -0.39 is 24.2 Å². The van der Waals surface area contributed by atoms with Gasteiger partial charge in [0.05, 0.1) is 10.9 Å². The van der Waals surface area contributed by atoms with Gasteiger partial charge in [0.25, 0.3) is 5.65 Å². The molecule has 0 atom stereocenters. The number of aromatic nitrogens is 2. The average molecular weight is 570 g/mol. The molecule has 9 nitrogen and oxygen atoms in total. The summed E-state index contributed by atoms with van der Waals surface area (Å²) < 4.78 is 35.6. The van der Waals surface area contributed by atoms with Gasteiger partial charge >= 0.3 is 16.1 Å². The van der Waals surface area contributed by atoms with E-state index in [0.29, 0.717) is 21.3 Å². The molecule has 0 spiro atoms. The Morgan fingerprint density at radius 1 is 1.18 bits per heavy atom. The summed E-state index contributed by atoms with van der Waals surface area (Å²) in [7, 11) is -2.79. The molecule has 2 aromatic heterocycles. The van der Waals surface area contributed by atoms with Gasteiger partial charge in [-0.15, -0.1) is 0 Å². The predicted molar refractivity (Wildman–Crippen MR) is 138 cm³/mol. The second-order valence-electron chi connectivity index (χ2n) is 9.28. The molecule has 1 N–H and O–H groups in total. The van der Waals surface area contributed by atoms with E-state index in [9.17, 15) is 18.4 Å². The van der Waals surface area contributed by atoms with Crippen LogP contribution in [0.5, 0.6) is 0 Å². The minimum absolute atomic E-state index is 0.0949. The Bertz CT molecular complexity index is 1300. The summed E-state index contributed by atoms with van der Waals surface area (Å²) >= 11 is 3.62. The number of nitrogens with one attached hydrogen (secondary N) is 1. The minimum Gasteiger partial charge on any atom is -0.710 e. The highest BCUT2D eigenvalue weighted by Gasteiger charge is 2.29. The van der Waals surface area contributed by atoms with E-state index in [1.54, 1.807) is 10.6 Å². The normalized spacial score (nSPS) is 12.4. The number of carbonyl (C=O) groups is 1. The zero-order valence-corrected chi connectivity index (χ0v) is 23.2. The smallest absolute Gasteiger partial charge is 0.306 e. The molecule has 1 aromatic carbocycles. The highest BCUT2D eigenvalue weighted by atomic mass is 79.9. The van der Waals surface area contributed by atoms with Crippen molar-refractivity contribution in [2.75, 3.05) is 20.7 Å². The van der Waals surface area contributed by atoms with E-state index >= 15 is 0 Å². The summed E-state index contributed by atoms with van der Waals surface area (Å²) in [6.45, 7) is 7.40. The van der Waals surface area contributed by atoms with Crippen molar-refractivity contribution in [1.82, 2.24) is 13.6 Å². The minimum atomic E-state index is -4.06. The summed E-state index contributed by atoms with van der Waals surface area (Å²) in [6.07, 6.45) is 0. The lowest BCUT2D eigenvalue weighted by molar-refractivity contribution is -0.582. The van der Waals surface area contributed by atoms with Gasteiger partial charge in [0.15, 0.2) is 17.0 Å². The number of ether oxygens (including phenoxy) is 1. The average Bonchev–Trinajstić information content (AvgIpc) is 3.03. The van der Waals surface area contributed by atoms with Crippen LogP contribution in [0.1, 0.15) is 10.5 Å². The fourth-order valence-corrected chi connectivity index (χ4v) is 5.27. The number of nitrogens with zero attached hydrogens (tertiary/aromatic N) is 3. The SMILES string of the molecule is CN(C)S(=O)(=O)NC(=O)c1ccc2c(-c3ccccc3)c(Br)n(COCC[Si](C)(C)C)c2[n+]1[O-]. The number of pyridine rings is 1. The molecule has 0 aliphatic carbocycles. The van der Waals surface area contributed by atoms with Crippen molar-refractivity contribution < 1.29 is 22.7 Å². The van der Waals surface area contributed by atoms with Crippen molar-refractivity contribution in [2.24, 2.45) is 0 Å². The topological polar surface area (TPSA) is 108 Å². The lowest BCUT2D eigenvalue weighted by Gasteiger charge is -2.16. The van der Waals surface area contributed by atoms with Gasteiger partial charge in [0, 0.05) is 28.8 Å². The van der Waals surface area contributed by atoms with Gasteiger partial charge in [-0.1, -0.05) is 50.0 Å². The van der Waals surface area contributed by atoms with Gasteiger partial charge < -0.3 is 9.94 Å². The molecular weight excluding hydrogens is 540 g/mol. The Balaban J connectivity index is 2.11. The zero-order chi connectivity index (χ0) is 25.3. The van der Waals surface area contributed by atoms with E-state index in [0.717, 1.165) is 21.5 Å². The monoisotopic (exact) mass is 568 g/mol. The molecule has 0 fully saturated rings. The number of hydrogen-bond donors (Lipinski definition) is 1. The molecule has 3 aromatic rings. The van der Waals surface area contributed by atoms with Gasteiger partial charge in [-0.25, -0.2) is 9.45 Å². The largest absolute Gasteiger partial charge is 0.710 e. The Hall–Kier alpha value is -2.25. The molecule has 0 aliphatic rings. The number of halogens is 1. The van der Waals surface area contributed by atoms with Crippen LogP contribution in [0.2, 0.25) is 25.7 Å². The Labute approximate surface area is 209 Å². The molecule has 1 amide bonds. The van der Waals surface area contributed by atoms with Crippen molar-refractivity contribution in [3.05, 3.63) is 58.0 Å². The second-order valence-corrected chi connectivity index (χ2v) is 17.5. The van der Waals surface area contributed by atoms with Crippen molar-refractivity contribution in [1.29, 1.82) is 0 Å². The molecule has 0 bridgehead atoms. The van der Waals surface area contributed by atoms with Crippen LogP contribution in [0.3, 0.4) is 0 Å². The van der Waals surface area contributed by atoms with Crippen molar-refractivity contribution in [3.8, 4) is 11.1 Å². The van der Waals surface area contributed by atoms with E-state index in [1.807, 2.05) is 35.1 Å². The summed E-state index contributed by atoms with van der Waals surface area (Å²) in [5, 5.41) is 14.0. The van der Waals surface area contributed by atoms with Gasteiger partial charge in [-0.3, -0.25) is 4.79 Å². The Morgan fingerprint density at radius 3 is 2.41 bits per heavy atom. The first-order valence-corrected chi connectivity index (χ1v) is 16.6. The molecule has 0 saturated carbocycles.